The lowest BCUT2D eigenvalue weighted by atomic mass is 10.0. The van der Waals surface area contributed by atoms with E-state index < -0.39 is 0 Å². The second-order valence-corrected chi connectivity index (χ2v) is 4.58. The fourth-order valence-electron chi connectivity index (χ4n) is 1.94. The zero-order valence-corrected chi connectivity index (χ0v) is 10.5. The molecule has 2 heteroatoms. The minimum atomic E-state index is 0.340. The van der Waals surface area contributed by atoms with E-state index in [0.717, 1.165) is 25.0 Å². The topological polar surface area (TPSA) is 39.2 Å². The van der Waals surface area contributed by atoms with Crippen LogP contribution in [-0.2, 0) is 6.42 Å². The summed E-state index contributed by atoms with van der Waals surface area (Å²) in [6, 6.07) is 4.30. The van der Waals surface area contributed by atoms with Crippen LogP contribution in [0.3, 0.4) is 0 Å². The van der Waals surface area contributed by atoms with Crippen LogP contribution in [0.25, 0.3) is 0 Å². The van der Waals surface area contributed by atoms with Gasteiger partial charge in [-0.05, 0) is 25.0 Å². The first-order valence-corrected chi connectivity index (χ1v) is 6.61. The molecule has 0 aliphatic carbocycles. The summed E-state index contributed by atoms with van der Waals surface area (Å²) >= 11 is 0. The third-order valence-electron chi connectivity index (χ3n) is 3.02. The number of aryl methyl sites for hydroxylation is 1. The molecule has 1 aromatic rings. The van der Waals surface area contributed by atoms with Crippen LogP contribution in [0, 0.1) is 0 Å². The predicted molar refractivity (Wildman–Crippen MR) is 68.4 cm³/mol. The Morgan fingerprint density at radius 3 is 2.69 bits per heavy atom. The van der Waals surface area contributed by atoms with Crippen molar-refractivity contribution in [3.8, 4) is 0 Å². The van der Waals surface area contributed by atoms with Gasteiger partial charge in [-0.1, -0.05) is 39.0 Å². The van der Waals surface area contributed by atoms with Gasteiger partial charge in [0.05, 0.1) is 6.26 Å². The molecule has 1 aromatic heterocycles. The molecule has 1 heterocycles. The Balaban J connectivity index is 1.96. The standard InChI is InChI=1S/C14H25NO/c1-2-3-4-5-6-8-13(15)10-11-14-9-7-12-16-14/h7,9,12-13H,2-6,8,10-11,15H2,1H3. The van der Waals surface area contributed by atoms with E-state index in [-0.39, 0.29) is 0 Å². The summed E-state index contributed by atoms with van der Waals surface area (Å²) in [5.41, 5.74) is 6.06. The number of unbranched alkanes of at least 4 members (excludes halogenated alkanes) is 4. The van der Waals surface area contributed by atoms with Gasteiger partial charge in [0.2, 0.25) is 0 Å². The van der Waals surface area contributed by atoms with Crippen molar-refractivity contribution in [2.75, 3.05) is 0 Å². The SMILES string of the molecule is CCCCCCCC(N)CCc1ccco1. The van der Waals surface area contributed by atoms with Gasteiger partial charge in [0.1, 0.15) is 5.76 Å². The Hall–Kier alpha value is -0.760. The van der Waals surface area contributed by atoms with Crippen molar-refractivity contribution in [3.05, 3.63) is 24.2 Å². The molecular formula is C14H25NO. The van der Waals surface area contributed by atoms with Gasteiger partial charge in [-0.15, -0.1) is 0 Å². The number of rotatable bonds is 9. The largest absolute Gasteiger partial charge is 0.469 e. The molecule has 1 rings (SSSR count). The highest BCUT2D eigenvalue weighted by Crippen LogP contribution is 2.11. The smallest absolute Gasteiger partial charge is 0.103 e. The Labute approximate surface area is 99.2 Å². The van der Waals surface area contributed by atoms with Gasteiger partial charge in [-0.3, -0.25) is 0 Å². The van der Waals surface area contributed by atoms with E-state index in [2.05, 4.69) is 6.92 Å². The highest BCUT2D eigenvalue weighted by atomic mass is 16.3. The molecule has 0 saturated carbocycles. The summed E-state index contributed by atoms with van der Waals surface area (Å²) in [6.45, 7) is 2.25. The third-order valence-corrected chi connectivity index (χ3v) is 3.02. The normalized spacial score (nSPS) is 12.9. The van der Waals surface area contributed by atoms with Crippen molar-refractivity contribution in [1.82, 2.24) is 0 Å². The first-order valence-electron chi connectivity index (χ1n) is 6.61. The molecule has 0 aliphatic rings. The van der Waals surface area contributed by atoms with Crippen LogP contribution in [0.4, 0.5) is 0 Å². The van der Waals surface area contributed by atoms with Crippen molar-refractivity contribution in [3.63, 3.8) is 0 Å². The van der Waals surface area contributed by atoms with Crippen LogP contribution >= 0.6 is 0 Å². The summed E-state index contributed by atoms with van der Waals surface area (Å²) in [6.07, 6.45) is 11.6. The molecule has 2 nitrogen and oxygen atoms in total. The number of hydrogen-bond acceptors (Lipinski definition) is 2. The van der Waals surface area contributed by atoms with Crippen LogP contribution in [-0.4, -0.2) is 6.04 Å². The lowest BCUT2D eigenvalue weighted by Crippen LogP contribution is -2.20. The number of furan rings is 1. The molecule has 0 amide bonds. The maximum absolute atomic E-state index is 6.06. The number of nitrogens with two attached hydrogens (primary N) is 1. The molecule has 0 aliphatic heterocycles. The monoisotopic (exact) mass is 223 g/mol. The highest BCUT2D eigenvalue weighted by molar-refractivity contribution is 4.98. The van der Waals surface area contributed by atoms with Crippen molar-refractivity contribution in [2.45, 2.75) is 64.3 Å². The lowest BCUT2D eigenvalue weighted by Gasteiger charge is -2.10. The second-order valence-electron chi connectivity index (χ2n) is 4.58. The average Bonchev–Trinajstić information content (AvgIpc) is 2.79. The van der Waals surface area contributed by atoms with Gasteiger partial charge < -0.3 is 10.2 Å². The minimum absolute atomic E-state index is 0.340. The molecule has 0 aromatic carbocycles. The van der Waals surface area contributed by atoms with Crippen LogP contribution in [0.15, 0.2) is 22.8 Å². The second kappa shape index (κ2) is 8.40. The van der Waals surface area contributed by atoms with E-state index in [9.17, 15) is 0 Å². The third kappa shape index (κ3) is 5.96. The first kappa shape index (κ1) is 13.3. The molecule has 1 atom stereocenters. The van der Waals surface area contributed by atoms with Crippen molar-refractivity contribution in [1.29, 1.82) is 0 Å². The van der Waals surface area contributed by atoms with Gasteiger partial charge in [0.15, 0.2) is 0 Å². The zero-order chi connectivity index (χ0) is 11.6. The average molecular weight is 223 g/mol. The fourth-order valence-corrected chi connectivity index (χ4v) is 1.94. The Morgan fingerprint density at radius 2 is 2.00 bits per heavy atom. The zero-order valence-electron chi connectivity index (χ0n) is 10.5. The summed E-state index contributed by atoms with van der Waals surface area (Å²) in [4.78, 5) is 0. The molecule has 1 unspecified atom stereocenters. The molecule has 0 fully saturated rings. The Kier molecular flexibility index (Phi) is 6.98. The molecule has 2 N–H and O–H groups in total. The van der Waals surface area contributed by atoms with E-state index in [4.69, 9.17) is 10.2 Å². The molecule has 0 spiro atoms. The van der Waals surface area contributed by atoms with Crippen molar-refractivity contribution < 1.29 is 4.42 Å². The van der Waals surface area contributed by atoms with E-state index in [1.807, 2.05) is 12.1 Å². The summed E-state index contributed by atoms with van der Waals surface area (Å²) < 4.78 is 5.29. The fraction of sp³-hybridized carbons (Fsp3) is 0.714. The van der Waals surface area contributed by atoms with E-state index in [1.54, 1.807) is 6.26 Å². The van der Waals surface area contributed by atoms with Crippen LogP contribution in [0.1, 0.15) is 57.6 Å². The summed E-state index contributed by atoms with van der Waals surface area (Å²) in [5, 5.41) is 0. The first-order chi connectivity index (χ1) is 7.83. The van der Waals surface area contributed by atoms with Crippen molar-refractivity contribution in [2.24, 2.45) is 5.73 Å². The van der Waals surface area contributed by atoms with E-state index in [1.165, 1.54) is 32.1 Å². The maximum Gasteiger partial charge on any atom is 0.103 e. The minimum Gasteiger partial charge on any atom is -0.469 e. The molecule has 16 heavy (non-hydrogen) atoms. The summed E-state index contributed by atoms with van der Waals surface area (Å²) in [5.74, 6) is 1.06. The quantitative estimate of drug-likeness (QED) is 0.645. The van der Waals surface area contributed by atoms with E-state index >= 15 is 0 Å². The van der Waals surface area contributed by atoms with Crippen LogP contribution in [0.2, 0.25) is 0 Å². The highest BCUT2D eigenvalue weighted by Gasteiger charge is 2.04. The molecule has 0 radical (unpaired) electrons. The Bertz CT molecular complexity index is 243. The van der Waals surface area contributed by atoms with Gasteiger partial charge in [-0.25, -0.2) is 0 Å². The maximum atomic E-state index is 6.06. The predicted octanol–water partition coefficient (Wildman–Crippen LogP) is 3.90. The van der Waals surface area contributed by atoms with Gasteiger partial charge in [-0.2, -0.15) is 0 Å². The van der Waals surface area contributed by atoms with Crippen molar-refractivity contribution >= 4 is 0 Å². The van der Waals surface area contributed by atoms with E-state index in [0.29, 0.717) is 6.04 Å². The summed E-state index contributed by atoms with van der Waals surface area (Å²) in [7, 11) is 0. The molecular weight excluding hydrogens is 198 g/mol. The molecule has 0 bridgehead atoms. The lowest BCUT2D eigenvalue weighted by molar-refractivity contribution is 0.465. The number of hydrogen-bond donors (Lipinski definition) is 1. The van der Waals surface area contributed by atoms with Gasteiger partial charge in [0, 0.05) is 12.5 Å². The van der Waals surface area contributed by atoms with Crippen LogP contribution in [0.5, 0.6) is 0 Å². The van der Waals surface area contributed by atoms with Gasteiger partial charge >= 0.3 is 0 Å². The van der Waals surface area contributed by atoms with Crippen LogP contribution < -0.4 is 5.73 Å². The Morgan fingerprint density at radius 1 is 1.19 bits per heavy atom. The van der Waals surface area contributed by atoms with Gasteiger partial charge in [0.25, 0.3) is 0 Å². The molecule has 92 valence electrons. The molecule has 0 saturated heterocycles.